The van der Waals surface area contributed by atoms with Crippen molar-refractivity contribution >= 4 is 18.0 Å². The minimum Gasteiger partial charge on any atom is -0.462 e. The number of rotatable bonds is 4. The van der Waals surface area contributed by atoms with Crippen molar-refractivity contribution in [2.45, 2.75) is 39.5 Å². The van der Waals surface area contributed by atoms with Gasteiger partial charge in [0.15, 0.2) is 5.69 Å². The summed E-state index contributed by atoms with van der Waals surface area (Å²) in [6, 6.07) is 5.43. The summed E-state index contributed by atoms with van der Waals surface area (Å²) in [5.74, 6) is -1.44. The van der Waals surface area contributed by atoms with Crippen molar-refractivity contribution in [3.8, 4) is 5.69 Å². The number of hydrogen-bond donors (Lipinski definition) is 0. The highest BCUT2D eigenvalue weighted by Crippen LogP contribution is 2.34. The van der Waals surface area contributed by atoms with Gasteiger partial charge in [0.1, 0.15) is 11.2 Å². The van der Waals surface area contributed by atoms with Crippen molar-refractivity contribution < 1.29 is 37.0 Å². The number of halogens is 3. The monoisotopic (exact) mass is 496 g/mol. The van der Waals surface area contributed by atoms with Crippen LogP contribution in [0, 0.1) is 0 Å². The number of hydrogen-bond acceptors (Lipinski definition) is 6. The van der Waals surface area contributed by atoms with Gasteiger partial charge < -0.3 is 19.3 Å². The van der Waals surface area contributed by atoms with Gasteiger partial charge in [-0.05, 0) is 52.0 Å². The molecule has 0 atom stereocenters. The standard InChI is InChI=1S/C23H27F3N4O5/c1-5-34-20(32)17-14-27-30(18(17)23(24,25)26)16-8-6-15(7-9-16)19(31)28-10-12-29(13-11-28)21(33)35-22(2,3)4/h6-9,14H,5,10-13H2,1-4H3. The molecule has 0 N–H and O–H groups in total. The quantitative estimate of drug-likeness (QED) is 0.599. The molecule has 0 bridgehead atoms. The Labute approximate surface area is 200 Å². The Kier molecular flexibility index (Phi) is 7.41. The SMILES string of the molecule is CCOC(=O)c1cnn(-c2ccc(C(=O)N3CCN(C(=O)OC(C)(C)C)CC3)cc2)c1C(F)(F)F. The lowest BCUT2D eigenvalue weighted by Gasteiger charge is -2.35. The number of aromatic nitrogens is 2. The van der Waals surface area contributed by atoms with E-state index < -0.39 is 35.1 Å². The van der Waals surface area contributed by atoms with Gasteiger partial charge in [0.25, 0.3) is 5.91 Å². The van der Waals surface area contributed by atoms with Crippen molar-refractivity contribution in [3.05, 3.63) is 47.3 Å². The molecule has 0 unspecified atom stereocenters. The zero-order valence-electron chi connectivity index (χ0n) is 19.9. The van der Waals surface area contributed by atoms with Gasteiger partial charge in [0.2, 0.25) is 0 Å². The summed E-state index contributed by atoms with van der Waals surface area (Å²) in [6.45, 7) is 7.91. The fourth-order valence-electron chi connectivity index (χ4n) is 3.52. The molecule has 1 aromatic heterocycles. The summed E-state index contributed by atoms with van der Waals surface area (Å²) in [5.41, 5.74) is -2.27. The number of nitrogens with zero attached hydrogens (tertiary/aromatic N) is 4. The molecule has 0 spiro atoms. The van der Waals surface area contributed by atoms with Crippen LogP contribution in [0.5, 0.6) is 0 Å². The molecule has 1 aromatic carbocycles. The van der Waals surface area contributed by atoms with Crippen LogP contribution in [-0.2, 0) is 15.7 Å². The van der Waals surface area contributed by atoms with Crippen LogP contribution in [-0.4, -0.2) is 75.9 Å². The molecule has 2 aromatic rings. The maximum atomic E-state index is 13.7. The largest absolute Gasteiger partial charge is 0.462 e. The average molecular weight is 496 g/mol. The van der Waals surface area contributed by atoms with Crippen LogP contribution in [0.1, 0.15) is 54.1 Å². The van der Waals surface area contributed by atoms with E-state index in [0.717, 1.165) is 6.20 Å². The molecule has 1 aliphatic heterocycles. The van der Waals surface area contributed by atoms with E-state index in [1.54, 1.807) is 25.7 Å². The highest BCUT2D eigenvalue weighted by molar-refractivity contribution is 5.94. The maximum absolute atomic E-state index is 13.7. The summed E-state index contributed by atoms with van der Waals surface area (Å²) >= 11 is 0. The first-order valence-electron chi connectivity index (χ1n) is 11.0. The fourth-order valence-corrected chi connectivity index (χ4v) is 3.52. The molecule has 9 nitrogen and oxygen atoms in total. The van der Waals surface area contributed by atoms with Gasteiger partial charge in [-0.15, -0.1) is 0 Å². The van der Waals surface area contributed by atoms with Crippen LogP contribution in [0.3, 0.4) is 0 Å². The van der Waals surface area contributed by atoms with E-state index in [2.05, 4.69) is 5.10 Å². The Hall–Kier alpha value is -3.57. The highest BCUT2D eigenvalue weighted by Gasteiger charge is 2.41. The molecule has 0 radical (unpaired) electrons. The summed E-state index contributed by atoms with van der Waals surface area (Å²) in [5, 5.41) is 3.72. The number of amides is 2. The number of piperazine rings is 1. The summed E-state index contributed by atoms with van der Waals surface area (Å²) in [4.78, 5) is 40.1. The number of carbonyl (C=O) groups is 3. The minimum absolute atomic E-state index is 0.0270. The molecular formula is C23H27F3N4O5. The third-order valence-electron chi connectivity index (χ3n) is 5.11. The average Bonchev–Trinajstić information content (AvgIpc) is 3.24. The summed E-state index contributed by atoms with van der Waals surface area (Å²) in [7, 11) is 0. The molecule has 0 saturated carbocycles. The van der Waals surface area contributed by atoms with E-state index in [1.807, 2.05) is 0 Å². The molecule has 2 heterocycles. The lowest BCUT2D eigenvalue weighted by atomic mass is 10.1. The Morgan fingerprint density at radius 2 is 1.54 bits per heavy atom. The zero-order chi connectivity index (χ0) is 26.0. The van der Waals surface area contributed by atoms with E-state index >= 15 is 0 Å². The van der Waals surface area contributed by atoms with Gasteiger partial charge in [-0.25, -0.2) is 14.3 Å². The number of esters is 1. The van der Waals surface area contributed by atoms with E-state index in [9.17, 15) is 27.6 Å². The van der Waals surface area contributed by atoms with Gasteiger partial charge in [-0.2, -0.15) is 18.3 Å². The van der Waals surface area contributed by atoms with Crippen LogP contribution in [0.4, 0.5) is 18.0 Å². The molecule has 12 heteroatoms. The Morgan fingerprint density at radius 1 is 0.971 bits per heavy atom. The molecule has 35 heavy (non-hydrogen) atoms. The molecule has 1 saturated heterocycles. The molecular weight excluding hydrogens is 469 g/mol. The zero-order valence-corrected chi connectivity index (χ0v) is 19.9. The minimum atomic E-state index is -4.86. The molecule has 1 aliphatic rings. The summed E-state index contributed by atoms with van der Waals surface area (Å²) < 4.78 is 51.7. The molecule has 2 amide bonds. The van der Waals surface area contributed by atoms with Gasteiger partial charge in [0, 0.05) is 31.7 Å². The maximum Gasteiger partial charge on any atom is 0.434 e. The first-order chi connectivity index (χ1) is 16.3. The Balaban J connectivity index is 1.73. The lowest BCUT2D eigenvalue weighted by Crippen LogP contribution is -2.51. The number of alkyl halides is 3. The highest BCUT2D eigenvalue weighted by atomic mass is 19.4. The third-order valence-corrected chi connectivity index (χ3v) is 5.11. The second kappa shape index (κ2) is 9.96. The first-order valence-corrected chi connectivity index (χ1v) is 11.0. The second-order valence-electron chi connectivity index (χ2n) is 8.84. The van der Waals surface area contributed by atoms with Crippen molar-refractivity contribution in [1.82, 2.24) is 19.6 Å². The lowest BCUT2D eigenvalue weighted by molar-refractivity contribution is -0.143. The first kappa shape index (κ1) is 26.0. The van der Waals surface area contributed by atoms with Gasteiger partial charge >= 0.3 is 18.2 Å². The third kappa shape index (κ3) is 6.11. The van der Waals surface area contributed by atoms with Gasteiger partial charge in [-0.3, -0.25) is 4.79 Å². The van der Waals surface area contributed by atoms with Crippen LogP contribution in [0.2, 0.25) is 0 Å². The van der Waals surface area contributed by atoms with E-state index in [4.69, 9.17) is 9.47 Å². The predicted molar refractivity (Wildman–Crippen MR) is 118 cm³/mol. The van der Waals surface area contributed by atoms with Gasteiger partial charge in [-0.1, -0.05) is 0 Å². The van der Waals surface area contributed by atoms with E-state index in [0.29, 0.717) is 30.9 Å². The van der Waals surface area contributed by atoms with Crippen molar-refractivity contribution in [2.24, 2.45) is 0 Å². The van der Waals surface area contributed by atoms with Crippen molar-refractivity contribution in [3.63, 3.8) is 0 Å². The normalized spacial score (nSPS) is 14.6. The van der Waals surface area contributed by atoms with Crippen molar-refractivity contribution in [1.29, 1.82) is 0 Å². The predicted octanol–water partition coefficient (Wildman–Crippen LogP) is 3.76. The Bertz CT molecular complexity index is 1080. The fraction of sp³-hybridized carbons (Fsp3) is 0.478. The van der Waals surface area contributed by atoms with Crippen LogP contribution in [0.25, 0.3) is 5.69 Å². The van der Waals surface area contributed by atoms with Crippen LogP contribution >= 0.6 is 0 Å². The van der Waals surface area contributed by atoms with Crippen molar-refractivity contribution in [2.75, 3.05) is 32.8 Å². The second-order valence-corrected chi connectivity index (χ2v) is 8.84. The molecule has 190 valence electrons. The van der Waals surface area contributed by atoms with E-state index in [-0.39, 0.29) is 23.8 Å². The number of benzene rings is 1. The van der Waals surface area contributed by atoms with Gasteiger partial charge in [0.05, 0.1) is 18.5 Å². The topological polar surface area (TPSA) is 94.0 Å². The van der Waals surface area contributed by atoms with Crippen LogP contribution < -0.4 is 0 Å². The molecule has 1 fully saturated rings. The number of carbonyl (C=O) groups excluding carboxylic acids is 3. The Morgan fingerprint density at radius 3 is 2.06 bits per heavy atom. The molecule has 3 rings (SSSR count). The van der Waals surface area contributed by atoms with Crippen LogP contribution in [0.15, 0.2) is 30.5 Å². The van der Waals surface area contributed by atoms with E-state index in [1.165, 1.54) is 36.1 Å². The molecule has 0 aliphatic carbocycles. The number of ether oxygens (including phenoxy) is 2. The summed E-state index contributed by atoms with van der Waals surface area (Å²) in [6.07, 6.45) is -4.50. The smallest absolute Gasteiger partial charge is 0.434 e.